The van der Waals surface area contributed by atoms with E-state index in [1.807, 2.05) is 0 Å². The predicted octanol–water partition coefficient (Wildman–Crippen LogP) is 2.10. The van der Waals surface area contributed by atoms with Crippen molar-refractivity contribution in [1.82, 2.24) is 4.98 Å². The summed E-state index contributed by atoms with van der Waals surface area (Å²) in [6.07, 6.45) is 4.54. The minimum absolute atomic E-state index is 0.0553. The third-order valence-corrected chi connectivity index (χ3v) is 2.34. The minimum atomic E-state index is -0.456. The van der Waals surface area contributed by atoms with Crippen LogP contribution in [0.25, 0.3) is 6.08 Å². The molecule has 0 fully saturated rings. The van der Waals surface area contributed by atoms with E-state index < -0.39 is 5.82 Å². The lowest BCUT2D eigenvalue weighted by Gasteiger charge is -1.98. The molecule has 3 nitrogen and oxygen atoms in total. The lowest BCUT2D eigenvalue weighted by Crippen LogP contribution is -1.94. The van der Waals surface area contributed by atoms with Gasteiger partial charge in [0.1, 0.15) is 5.82 Å². The summed E-state index contributed by atoms with van der Waals surface area (Å²) < 4.78 is 12.6. The number of nitrogens with zero attached hydrogens (tertiary/aromatic N) is 1. The summed E-state index contributed by atoms with van der Waals surface area (Å²) in [5.41, 5.74) is 6.34. The topological polar surface area (TPSA) is 56.0 Å². The van der Waals surface area contributed by atoms with E-state index in [1.54, 1.807) is 12.2 Å². The van der Waals surface area contributed by atoms with Crippen LogP contribution >= 0.6 is 11.8 Å². The van der Waals surface area contributed by atoms with Crippen molar-refractivity contribution in [3.05, 3.63) is 29.9 Å². The van der Waals surface area contributed by atoms with Gasteiger partial charge in [-0.25, -0.2) is 4.39 Å². The lowest BCUT2D eigenvalue weighted by molar-refractivity contribution is -0.109. The number of rotatable bonds is 3. The Morgan fingerprint density at radius 1 is 1.73 bits per heavy atom. The zero-order chi connectivity index (χ0) is 11.3. The molecule has 80 valence electrons. The molecule has 5 heteroatoms. The van der Waals surface area contributed by atoms with E-state index in [0.29, 0.717) is 17.1 Å². The van der Waals surface area contributed by atoms with Crippen LogP contribution in [0.5, 0.6) is 0 Å². The number of pyridine rings is 1. The highest BCUT2D eigenvalue weighted by Crippen LogP contribution is 2.12. The number of carbonyl (C=O) groups is 1. The van der Waals surface area contributed by atoms with Crippen LogP contribution in [0.15, 0.2) is 18.3 Å². The van der Waals surface area contributed by atoms with Crippen LogP contribution in [0.4, 0.5) is 10.1 Å². The molecule has 15 heavy (non-hydrogen) atoms. The second-order valence-corrected chi connectivity index (χ2v) is 4.03. The number of nitrogen functional groups attached to an aromatic ring is 1. The molecule has 0 saturated heterocycles. The molecule has 0 aliphatic carbocycles. The van der Waals surface area contributed by atoms with Gasteiger partial charge in [-0.2, -0.15) is 0 Å². The van der Waals surface area contributed by atoms with Crippen LogP contribution < -0.4 is 5.73 Å². The van der Waals surface area contributed by atoms with Crippen molar-refractivity contribution in [2.45, 2.75) is 6.92 Å². The van der Waals surface area contributed by atoms with Crippen molar-refractivity contribution in [3.8, 4) is 0 Å². The van der Waals surface area contributed by atoms with E-state index in [2.05, 4.69) is 4.98 Å². The van der Waals surface area contributed by atoms with Gasteiger partial charge in [0.05, 0.1) is 17.6 Å². The molecule has 0 bridgehead atoms. The molecule has 0 aromatic carbocycles. The third-order valence-electron chi connectivity index (χ3n) is 1.57. The van der Waals surface area contributed by atoms with E-state index in [0.717, 1.165) is 6.20 Å². The van der Waals surface area contributed by atoms with Crippen molar-refractivity contribution in [3.63, 3.8) is 0 Å². The monoisotopic (exact) mass is 226 g/mol. The van der Waals surface area contributed by atoms with Crippen LogP contribution in [0.1, 0.15) is 12.6 Å². The molecule has 0 aliphatic rings. The lowest BCUT2D eigenvalue weighted by atomic mass is 10.3. The van der Waals surface area contributed by atoms with Crippen molar-refractivity contribution in [1.29, 1.82) is 0 Å². The van der Waals surface area contributed by atoms with Gasteiger partial charge in [0.25, 0.3) is 0 Å². The highest BCUT2D eigenvalue weighted by atomic mass is 32.2. The molecule has 0 aliphatic heterocycles. The maximum absolute atomic E-state index is 12.6. The number of halogens is 1. The van der Waals surface area contributed by atoms with Crippen LogP contribution in [-0.2, 0) is 4.79 Å². The Labute approximate surface area is 91.6 Å². The molecule has 0 atom stereocenters. The molecule has 1 heterocycles. The number of thioether (sulfide) groups is 1. The van der Waals surface area contributed by atoms with Gasteiger partial charge >= 0.3 is 0 Å². The van der Waals surface area contributed by atoms with Crippen LogP contribution in [0.2, 0.25) is 0 Å². The van der Waals surface area contributed by atoms with Gasteiger partial charge in [-0.3, -0.25) is 9.78 Å². The third kappa shape index (κ3) is 4.12. The van der Waals surface area contributed by atoms with Crippen molar-refractivity contribution < 1.29 is 9.18 Å². The normalized spacial score (nSPS) is 10.8. The van der Waals surface area contributed by atoms with E-state index in [9.17, 15) is 9.18 Å². The summed E-state index contributed by atoms with van der Waals surface area (Å²) in [5, 5.41) is 0.0553. The molecule has 0 amide bonds. The Kier molecular flexibility index (Phi) is 4.30. The highest BCUT2D eigenvalue weighted by Gasteiger charge is 1.98. The van der Waals surface area contributed by atoms with E-state index in [-0.39, 0.29) is 5.12 Å². The molecule has 1 aromatic rings. The zero-order valence-corrected chi connectivity index (χ0v) is 9.05. The quantitative estimate of drug-likeness (QED) is 0.857. The van der Waals surface area contributed by atoms with Gasteiger partial charge in [-0.05, 0) is 6.08 Å². The fraction of sp³-hybridized carbons (Fsp3) is 0.200. The molecule has 1 rings (SSSR count). The van der Waals surface area contributed by atoms with E-state index >= 15 is 0 Å². The molecule has 0 spiro atoms. The van der Waals surface area contributed by atoms with Crippen LogP contribution in [0, 0.1) is 5.82 Å². The smallest absolute Gasteiger partial charge is 0.186 e. The summed E-state index contributed by atoms with van der Waals surface area (Å²) in [4.78, 5) is 14.4. The summed E-state index contributed by atoms with van der Waals surface area (Å²) in [6, 6.07) is 1.21. The van der Waals surface area contributed by atoms with Gasteiger partial charge in [0, 0.05) is 18.7 Å². The molecular formula is C10H11FN2OS. The van der Waals surface area contributed by atoms with Crippen LogP contribution in [-0.4, -0.2) is 15.9 Å². The Balaban J connectivity index is 2.60. The van der Waals surface area contributed by atoms with Crippen LogP contribution in [0.3, 0.4) is 0 Å². The molecule has 0 radical (unpaired) electrons. The Morgan fingerprint density at radius 3 is 3.07 bits per heavy atom. The number of nitrogens with two attached hydrogens (primary N) is 1. The number of anilines is 1. The predicted molar refractivity (Wildman–Crippen MR) is 60.8 cm³/mol. The van der Waals surface area contributed by atoms with Crippen molar-refractivity contribution in [2.75, 3.05) is 11.5 Å². The van der Waals surface area contributed by atoms with Gasteiger partial charge in [-0.1, -0.05) is 17.8 Å². The average Bonchev–Trinajstić information content (AvgIpc) is 2.14. The Bertz CT molecular complexity index is 393. The molecular weight excluding hydrogens is 215 g/mol. The summed E-state index contributed by atoms with van der Waals surface area (Å²) >= 11 is 1.19. The second kappa shape index (κ2) is 5.50. The van der Waals surface area contributed by atoms with Gasteiger partial charge in [-0.15, -0.1) is 0 Å². The van der Waals surface area contributed by atoms with E-state index in [1.165, 1.54) is 24.8 Å². The number of aromatic nitrogens is 1. The highest BCUT2D eigenvalue weighted by molar-refractivity contribution is 8.13. The maximum Gasteiger partial charge on any atom is 0.186 e. The van der Waals surface area contributed by atoms with E-state index in [4.69, 9.17) is 5.73 Å². The summed E-state index contributed by atoms with van der Waals surface area (Å²) in [5.74, 6) is 0.108. The largest absolute Gasteiger partial charge is 0.397 e. The van der Waals surface area contributed by atoms with Gasteiger partial charge in [0.15, 0.2) is 5.12 Å². The van der Waals surface area contributed by atoms with Gasteiger partial charge < -0.3 is 5.73 Å². The number of hydrogen-bond acceptors (Lipinski definition) is 4. The first-order valence-corrected chi connectivity index (χ1v) is 5.29. The second-order valence-electron chi connectivity index (χ2n) is 2.83. The standard InChI is InChI=1S/C10H11FN2OS/c1-7(14)15-4-2-3-10-9(12)5-8(11)6-13-10/h2-3,5-6H,4,12H2,1H3. The molecule has 2 N–H and O–H groups in total. The minimum Gasteiger partial charge on any atom is -0.397 e. The number of carbonyl (C=O) groups excluding carboxylic acids is 1. The first-order chi connectivity index (χ1) is 7.09. The molecule has 0 saturated carbocycles. The van der Waals surface area contributed by atoms with Crippen molar-refractivity contribution in [2.24, 2.45) is 0 Å². The zero-order valence-electron chi connectivity index (χ0n) is 8.24. The van der Waals surface area contributed by atoms with Crippen molar-refractivity contribution >= 4 is 28.6 Å². The SMILES string of the molecule is CC(=O)SCC=Cc1ncc(F)cc1N. The maximum atomic E-state index is 12.6. The van der Waals surface area contributed by atoms with Gasteiger partial charge in [0.2, 0.25) is 0 Å². The average molecular weight is 226 g/mol. The first kappa shape index (κ1) is 11.7. The molecule has 1 aromatic heterocycles. The fourth-order valence-corrected chi connectivity index (χ4v) is 1.36. The Hall–Kier alpha value is -1.36. The summed E-state index contributed by atoms with van der Waals surface area (Å²) in [6.45, 7) is 1.50. The molecule has 0 unspecified atom stereocenters. The fourth-order valence-electron chi connectivity index (χ4n) is 0.930. The first-order valence-electron chi connectivity index (χ1n) is 4.30. The number of hydrogen-bond donors (Lipinski definition) is 1. The summed E-state index contributed by atoms with van der Waals surface area (Å²) in [7, 11) is 0. The Morgan fingerprint density at radius 2 is 2.47 bits per heavy atom.